The number of hydrogen-bond donors (Lipinski definition) is 1. The van der Waals surface area contributed by atoms with Gasteiger partial charge >= 0.3 is 6.09 Å². The highest BCUT2D eigenvalue weighted by Gasteiger charge is 2.22. The molecule has 0 atom stereocenters. The van der Waals surface area contributed by atoms with Crippen molar-refractivity contribution in [1.29, 1.82) is 0 Å². The number of methoxy groups -OCH3 is 3. The van der Waals surface area contributed by atoms with Gasteiger partial charge < -0.3 is 33.7 Å². The van der Waals surface area contributed by atoms with Gasteiger partial charge in [0, 0.05) is 57.4 Å². The minimum absolute atomic E-state index is 0.226. The summed E-state index contributed by atoms with van der Waals surface area (Å²) in [4.78, 5) is 16.8. The maximum Gasteiger partial charge on any atom is 0.407 e. The number of carbonyl (C=O) groups is 1. The molecule has 4 rings (SSSR count). The van der Waals surface area contributed by atoms with E-state index in [1.54, 1.807) is 27.4 Å². The second-order valence-corrected chi connectivity index (χ2v) is 8.32. The summed E-state index contributed by atoms with van der Waals surface area (Å²) in [5, 5.41) is 2.77. The van der Waals surface area contributed by atoms with Gasteiger partial charge in [-0.2, -0.15) is 0 Å². The highest BCUT2D eigenvalue weighted by molar-refractivity contribution is 5.67. The molecule has 35 heavy (non-hydrogen) atoms. The Hall–Kier alpha value is -3.37. The van der Waals surface area contributed by atoms with Gasteiger partial charge in [0.25, 0.3) is 0 Å². The number of amides is 1. The Balaban J connectivity index is 1.15. The molecule has 1 saturated heterocycles. The molecule has 0 aromatic heterocycles. The molecule has 0 unspecified atom stereocenters. The lowest BCUT2D eigenvalue weighted by Gasteiger charge is -2.34. The zero-order chi connectivity index (χ0) is 24.6. The molecule has 0 saturated carbocycles. The van der Waals surface area contributed by atoms with Crippen LogP contribution in [-0.4, -0.2) is 83.3 Å². The number of fused-ring (bicyclic) bond motifs is 1. The number of hydrogen-bond acceptors (Lipinski definition) is 9. The van der Waals surface area contributed by atoms with Crippen LogP contribution in [0.4, 0.5) is 4.79 Å². The summed E-state index contributed by atoms with van der Waals surface area (Å²) in [7, 11) is 4.82. The van der Waals surface area contributed by atoms with Crippen molar-refractivity contribution in [3.05, 3.63) is 41.5 Å². The van der Waals surface area contributed by atoms with Crippen LogP contribution in [-0.2, 0) is 17.8 Å². The number of alkyl carbamates (subject to hydrolysis) is 1. The molecule has 0 radical (unpaired) electrons. The average Bonchev–Trinajstić information content (AvgIpc) is 3.36. The van der Waals surface area contributed by atoms with Crippen LogP contribution in [0.3, 0.4) is 0 Å². The number of benzene rings is 2. The van der Waals surface area contributed by atoms with Crippen molar-refractivity contribution in [3.8, 4) is 28.7 Å². The van der Waals surface area contributed by atoms with Gasteiger partial charge in [0.2, 0.25) is 12.5 Å². The molecule has 1 amide bonds. The van der Waals surface area contributed by atoms with Gasteiger partial charge in [0.15, 0.2) is 11.5 Å². The van der Waals surface area contributed by atoms with Crippen molar-refractivity contribution < 1.29 is 33.2 Å². The number of ether oxygens (including phenoxy) is 6. The first-order chi connectivity index (χ1) is 17.1. The fraction of sp³-hybridized carbons (Fsp3) is 0.480. The minimum Gasteiger partial charge on any atom is -0.497 e. The molecule has 1 N–H and O–H groups in total. The quantitative estimate of drug-likeness (QED) is 0.543. The molecule has 0 aliphatic carbocycles. The summed E-state index contributed by atoms with van der Waals surface area (Å²) in [6.45, 7) is 6.08. The van der Waals surface area contributed by atoms with Crippen LogP contribution in [0.15, 0.2) is 30.3 Å². The van der Waals surface area contributed by atoms with Gasteiger partial charge in [-0.15, -0.1) is 0 Å². The van der Waals surface area contributed by atoms with Crippen LogP contribution in [0.1, 0.15) is 11.1 Å². The Morgan fingerprint density at radius 2 is 1.71 bits per heavy atom. The van der Waals surface area contributed by atoms with Crippen molar-refractivity contribution in [2.45, 2.75) is 13.1 Å². The summed E-state index contributed by atoms with van der Waals surface area (Å²) >= 11 is 0. The summed E-state index contributed by atoms with van der Waals surface area (Å²) in [6, 6.07) is 9.49. The fourth-order valence-corrected chi connectivity index (χ4v) is 4.19. The van der Waals surface area contributed by atoms with Crippen LogP contribution < -0.4 is 29.0 Å². The van der Waals surface area contributed by atoms with Crippen molar-refractivity contribution in [1.82, 2.24) is 15.1 Å². The maximum atomic E-state index is 12.1. The van der Waals surface area contributed by atoms with Gasteiger partial charge in [-0.3, -0.25) is 9.80 Å². The number of rotatable bonds is 10. The van der Waals surface area contributed by atoms with Crippen LogP contribution in [0.2, 0.25) is 0 Å². The van der Waals surface area contributed by atoms with Crippen LogP contribution in [0.5, 0.6) is 28.7 Å². The normalized spacial score (nSPS) is 15.5. The molecular formula is C25H33N3O7. The zero-order valence-electron chi connectivity index (χ0n) is 20.5. The maximum absolute atomic E-state index is 12.1. The molecule has 2 aromatic carbocycles. The van der Waals surface area contributed by atoms with E-state index in [1.807, 2.05) is 24.3 Å². The number of nitrogens with one attached hydrogen (secondary N) is 1. The zero-order valence-corrected chi connectivity index (χ0v) is 20.5. The Morgan fingerprint density at radius 1 is 0.943 bits per heavy atom. The number of piperazine rings is 1. The largest absolute Gasteiger partial charge is 0.497 e. The van der Waals surface area contributed by atoms with E-state index in [4.69, 9.17) is 28.4 Å². The minimum atomic E-state index is -0.446. The topological polar surface area (TPSA) is 91.0 Å². The Kier molecular flexibility index (Phi) is 8.38. The first-order valence-corrected chi connectivity index (χ1v) is 11.6. The van der Waals surface area contributed by atoms with E-state index in [-0.39, 0.29) is 6.79 Å². The van der Waals surface area contributed by atoms with E-state index in [0.29, 0.717) is 42.7 Å². The van der Waals surface area contributed by atoms with Crippen molar-refractivity contribution >= 4 is 6.09 Å². The Labute approximate surface area is 205 Å². The molecule has 190 valence electrons. The molecule has 10 nitrogen and oxygen atoms in total. The van der Waals surface area contributed by atoms with Crippen LogP contribution in [0.25, 0.3) is 0 Å². The Bertz CT molecular complexity index is 1010. The predicted molar refractivity (Wildman–Crippen MR) is 129 cm³/mol. The Morgan fingerprint density at radius 3 is 2.46 bits per heavy atom. The lowest BCUT2D eigenvalue weighted by atomic mass is 10.1. The van der Waals surface area contributed by atoms with Gasteiger partial charge in [-0.25, -0.2) is 4.79 Å². The summed E-state index contributed by atoms with van der Waals surface area (Å²) in [6.07, 6.45) is -0.446. The first kappa shape index (κ1) is 24.7. The highest BCUT2D eigenvalue weighted by atomic mass is 16.7. The van der Waals surface area contributed by atoms with E-state index in [2.05, 4.69) is 15.1 Å². The smallest absolute Gasteiger partial charge is 0.407 e. The van der Waals surface area contributed by atoms with Crippen LogP contribution >= 0.6 is 0 Å². The molecular weight excluding hydrogens is 454 g/mol. The van der Waals surface area contributed by atoms with Crippen molar-refractivity contribution in [2.75, 3.05) is 67.5 Å². The third-order valence-corrected chi connectivity index (χ3v) is 6.15. The second-order valence-electron chi connectivity index (χ2n) is 8.32. The van der Waals surface area contributed by atoms with E-state index in [9.17, 15) is 4.79 Å². The molecule has 2 aliphatic heterocycles. The molecule has 2 aliphatic rings. The van der Waals surface area contributed by atoms with Gasteiger partial charge in [-0.05, 0) is 29.8 Å². The second kappa shape index (κ2) is 11.9. The van der Waals surface area contributed by atoms with Crippen molar-refractivity contribution in [3.63, 3.8) is 0 Å². The SMILES string of the molecule is COc1ccc(CNC(=O)OCCN2CCN(Cc3cc(OC)c4c(c3)OCO4)CC2)c(OC)c1. The predicted octanol–water partition coefficient (Wildman–Crippen LogP) is 2.49. The fourth-order valence-electron chi connectivity index (χ4n) is 4.19. The highest BCUT2D eigenvalue weighted by Crippen LogP contribution is 2.42. The van der Waals surface area contributed by atoms with Gasteiger partial charge in [0.05, 0.1) is 21.3 Å². The molecule has 0 bridgehead atoms. The monoisotopic (exact) mass is 487 g/mol. The average molecular weight is 488 g/mol. The molecule has 10 heteroatoms. The van der Waals surface area contributed by atoms with Crippen LogP contribution in [0, 0.1) is 0 Å². The molecule has 1 fully saturated rings. The first-order valence-electron chi connectivity index (χ1n) is 11.6. The molecule has 2 aromatic rings. The number of nitrogens with zero attached hydrogens (tertiary/aromatic N) is 2. The third kappa shape index (κ3) is 6.40. The van der Waals surface area contributed by atoms with Gasteiger partial charge in [0.1, 0.15) is 18.1 Å². The van der Waals surface area contributed by atoms with E-state index in [0.717, 1.165) is 49.6 Å². The third-order valence-electron chi connectivity index (χ3n) is 6.15. The molecule has 0 spiro atoms. The number of carbonyl (C=O) groups excluding carboxylic acids is 1. The van der Waals surface area contributed by atoms with Crippen molar-refractivity contribution in [2.24, 2.45) is 0 Å². The van der Waals surface area contributed by atoms with Gasteiger partial charge in [-0.1, -0.05) is 0 Å². The summed E-state index contributed by atoms with van der Waals surface area (Å²) in [5.41, 5.74) is 1.98. The van der Waals surface area contributed by atoms with E-state index in [1.165, 1.54) is 0 Å². The van der Waals surface area contributed by atoms with E-state index >= 15 is 0 Å². The standard InChI is InChI=1S/C25H33N3O7/c1-30-20-5-4-19(21(14-20)31-2)15-26-25(29)33-11-10-27-6-8-28(9-7-27)16-18-12-22(32-3)24-23(13-18)34-17-35-24/h4-5,12-14H,6-11,15-17H2,1-3H3,(H,26,29). The summed E-state index contributed by atoms with van der Waals surface area (Å²) in [5.74, 6) is 3.46. The van der Waals surface area contributed by atoms with E-state index < -0.39 is 6.09 Å². The lowest BCUT2D eigenvalue weighted by molar-refractivity contribution is 0.0924. The lowest BCUT2D eigenvalue weighted by Crippen LogP contribution is -2.47. The summed E-state index contributed by atoms with van der Waals surface area (Å²) < 4.78 is 32.4. The molecule has 2 heterocycles.